The zero-order valence-electron chi connectivity index (χ0n) is 14.1. The maximum Gasteiger partial charge on any atom is 0.136 e. The number of rotatable bonds is 5. The molecular weight excluding hydrogens is 317 g/mol. The highest BCUT2D eigenvalue weighted by atomic mass is 19.1. The molecule has 0 saturated heterocycles. The Morgan fingerprint density at radius 3 is 2.64 bits per heavy atom. The summed E-state index contributed by atoms with van der Waals surface area (Å²) in [5.41, 5.74) is 5.00. The van der Waals surface area contributed by atoms with Crippen LogP contribution < -0.4 is 10.1 Å². The van der Waals surface area contributed by atoms with Crippen LogP contribution in [-0.4, -0.2) is 23.3 Å². The topological polar surface area (TPSA) is 49.9 Å². The molecule has 0 amide bonds. The number of aromatic amines is 1. The molecule has 1 heterocycles. The minimum absolute atomic E-state index is 0.321. The molecule has 128 valence electrons. The molecule has 5 heteroatoms. The minimum Gasteiger partial charge on any atom is -0.497 e. The Hall–Kier alpha value is -2.66. The van der Waals surface area contributed by atoms with Gasteiger partial charge in [0.1, 0.15) is 11.6 Å². The SMILES string of the molecule is COc1ccc(-c2[nH]ncc2CNC2Cc3ccccc3C2)c(F)c1. The Kier molecular flexibility index (Phi) is 4.24. The maximum absolute atomic E-state index is 14.4. The van der Waals surface area contributed by atoms with Gasteiger partial charge in [0.15, 0.2) is 0 Å². The summed E-state index contributed by atoms with van der Waals surface area (Å²) in [4.78, 5) is 0. The van der Waals surface area contributed by atoms with Crippen LogP contribution in [0.1, 0.15) is 16.7 Å². The number of methoxy groups -OCH3 is 1. The maximum atomic E-state index is 14.4. The number of halogens is 1. The fraction of sp³-hybridized carbons (Fsp3) is 0.250. The van der Waals surface area contributed by atoms with Crippen molar-refractivity contribution in [2.75, 3.05) is 7.11 Å². The van der Waals surface area contributed by atoms with Crippen LogP contribution >= 0.6 is 0 Å². The summed E-state index contributed by atoms with van der Waals surface area (Å²) in [6, 6.07) is 13.8. The summed E-state index contributed by atoms with van der Waals surface area (Å²) in [6.07, 6.45) is 3.81. The lowest BCUT2D eigenvalue weighted by atomic mass is 10.1. The Balaban J connectivity index is 1.48. The van der Waals surface area contributed by atoms with Gasteiger partial charge in [0.25, 0.3) is 0 Å². The van der Waals surface area contributed by atoms with Gasteiger partial charge in [-0.1, -0.05) is 24.3 Å². The Morgan fingerprint density at radius 1 is 1.20 bits per heavy atom. The van der Waals surface area contributed by atoms with E-state index < -0.39 is 0 Å². The molecule has 0 fully saturated rings. The van der Waals surface area contributed by atoms with Crippen LogP contribution in [-0.2, 0) is 19.4 Å². The third kappa shape index (κ3) is 3.15. The van der Waals surface area contributed by atoms with Crippen molar-refractivity contribution in [3.63, 3.8) is 0 Å². The van der Waals surface area contributed by atoms with Gasteiger partial charge in [-0.25, -0.2) is 4.39 Å². The highest BCUT2D eigenvalue weighted by Crippen LogP contribution is 2.28. The van der Waals surface area contributed by atoms with Gasteiger partial charge in [0.2, 0.25) is 0 Å². The Morgan fingerprint density at radius 2 is 1.96 bits per heavy atom. The number of fused-ring (bicyclic) bond motifs is 1. The van der Waals surface area contributed by atoms with E-state index in [0.717, 1.165) is 18.4 Å². The van der Waals surface area contributed by atoms with E-state index in [9.17, 15) is 4.39 Å². The zero-order chi connectivity index (χ0) is 17.2. The molecule has 1 aliphatic rings. The van der Waals surface area contributed by atoms with Gasteiger partial charge in [0.05, 0.1) is 19.0 Å². The summed E-state index contributed by atoms with van der Waals surface area (Å²) in [5, 5.41) is 10.6. The van der Waals surface area contributed by atoms with E-state index in [4.69, 9.17) is 4.74 Å². The fourth-order valence-corrected chi connectivity index (χ4v) is 3.46. The highest BCUT2D eigenvalue weighted by Gasteiger charge is 2.21. The van der Waals surface area contributed by atoms with Crippen molar-refractivity contribution in [2.24, 2.45) is 0 Å². The van der Waals surface area contributed by atoms with Crippen molar-refractivity contribution in [1.29, 1.82) is 0 Å². The van der Waals surface area contributed by atoms with Crippen molar-refractivity contribution in [2.45, 2.75) is 25.4 Å². The van der Waals surface area contributed by atoms with Gasteiger partial charge in [-0.3, -0.25) is 5.10 Å². The monoisotopic (exact) mass is 337 g/mol. The minimum atomic E-state index is -0.321. The van der Waals surface area contributed by atoms with Gasteiger partial charge in [-0.05, 0) is 36.1 Å². The number of H-pyrrole nitrogens is 1. The first-order valence-electron chi connectivity index (χ1n) is 8.41. The van der Waals surface area contributed by atoms with Crippen molar-refractivity contribution in [3.8, 4) is 17.0 Å². The molecule has 0 atom stereocenters. The number of nitrogens with zero attached hydrogens (tertiary/aromatic N) is 1. The number of hydrogen-bond acceptors (Lipinski definition) is 3. The second kappa shape index (κ2) is 6.69. The van der Waals surface area contributed by atoms with E-state index in [1.807, 2.05) is 0 Å². The van der Waals surface area contributed by atoms with Gasteiger partial charge >= 0.3 is 0 Å². The second-order valence-corrected chi connectivity index (χ2v) is 6.37. The molecule has 0 saturated carbocycles. The number of benzene rings is 2. The molecule has 0 radical (unpaired) electrons. The third-order valence-electron chi connectivity index (χ3n) is 4.80. The van der Waals surface area contributed by atoms with Crippen LogP contribution in [0.2, 0.25) is 0 Å². The number of hydrogen-bond donors (Lipinski definition) is 2. The van der Waals surface area contributed by atoms with Crippen LogP contribution in [0.5, 0.6) is 5.75 Å². The molecular formula is C20H20FN3O. The summed E-state index contributed by atoms with van der Waals surface area (Å²) in [7, 11) is 1.53. The van der Waals surface area contributed by atoms with E-state index in [-0.39, 0.29) is 5.82 Å². The lowest BCUT2D eigenvalue weighted by molar-refractivity contribution is 0.411. The highest BCUT2D eigenvalue weighted by molar-refractivity contribution is 5.64. The number of aromatic nitrogens is 2. The largest absolute Gasteiger partial charge is 0.497 e. The van der Waals surface area contributed by atoms with Crippen LogP contribution in [0.25, 0.3) is 11.3 Å². The summed E-state index contributed by atoms with van der Waals surface area (Å²) in [5.74, 6) is 0.183. The molecule has 3 aromatic rings. The Bertz CT molecular complexity index is 865. The van der Waals surface area contributed by atoms with Crippen molar-refractivity contribution < 1.29 is 9.13 Å². The fourth-order valence-electron chi connectivity index (χ4n) is 3.46. The summed E-state index contributed by atoms with van der Waals surface area (Å²) in [6.45, 7) is 0.649. The average molecular weight is 337 g/mol. The summed E-state index contributed by atoms with van der Waals surface area (Å²) < 4.78 is 19.4. The number of ether oxygens (including phenoxy) is 1. The van der Waals surface area contributed by atoms with Crippen LogP contribution in [0.4, 0.5) is 4.39 Å². The van der Waals surface area contributed by atoms with Gasteiger partial charge < -0.3 is 10.1 Å². The van der Waals surface area contributed by atoms with E-state index in [0.29, 0.717) is 29.6 Å². The lowest BCUT2D eigenvalue weighted by Gasteiger charge is -2.12. The summed E-state index contributed by atoms with van der Waals surface area (Å²) >= 11 is 0. The first kappa shape index (κ1) is 15.8. The molecule has 25 heavy (non-hydrogen) atoms. The van der Waals surface area contributed by atoms with E-state index in [1.165, 1.54) is 24.3 Å². The first-order valence-corrected chi connectivity index (χ1v) is 8.41. The van der Waals surface area contributed by atoms with Crippen LogP contribution in [0.3, 0.4) is 0 Å². The molecule has 0 aliphatic heterocycles. The molecule has 1 aromatic heterocycles. The first-order chi connectivity index (χ1) is 12.2. The van der Waals surface area contributed by atoms with Gasteiger partial charge in [-0.2, -0.15) is 5.10 Å². The lowest BCUT2D eigenvalue weighted by Crippen LogP contribution is -2.29. The molecule has 0 unspecified atom stereocenters. The third-order valence-corrected chi connectivity index (χ3v) is 4.80. The predicted molar refractivity (Wildman–Crippen MR) is 95.0 cm³/mol. The van der Waals surface area contributed by atoms with Crippen molar-refractivity contribution in [1.82, 2.24) is 15.5 Å². The van der Waals surface area contributed by atoms with Gasteiger partial charge in [-0.15, -0.1) is 0 Å². The standard InChI is InChI=1S/C20H20FN3O/c1-25-17-6-7-18(19(21)10-17)20-15(12-23-24-20)11-22-16-8-13-4-2-3-5-14(13)9-16/h2-7,10,12,16,22H,8-9,11H2,1H3,(H,23,24). The molecule has 4 nitrogen and oxygen atoms in total. The normalized spacial score (nSPS) is 13.8. The molecule has 2 aromatic carbocycles. The van der Waals surface area contributed by atoms with Crippen LogP contribution in [0.15, 0.2) is 48.7 Å². The van der Waals surface area contributed by atoms with E-state index in [2.05, 4.69) is 39.8 Å². The smallest absolute Gasteiger partial charge is 0.136 e. The van der Waals surface area contributed by atoms with E-state index in [1.54, 1.807) is 18.3 Å². The quantitative estimate of drug-likeness (QED) is 0.749. The molecule has 4 rings (SSSR count). The molecule has 0 spiro atoms. The molecule has 0 bridgehead atoms. The van der Waals surface area contributed by atoms with E-state index >= 15 is 0 Å². The molecule has 2 N–H and O–H groups in total. The van der Waals surface area contributed by atoms with Crippen LogP contribution in [0, 0.1) is 5.82 Å². The van der Waals surface area contributed by atoms with Crippen molar-refractivity contribution in [3.05, 3.63) is 71.2 Å². The second-order valence-electron chi connectivity index (χ2n) is 6.37. The van der Waals surface area contributed by atoms with Gasteiger partial charge in [0, 0.05) is 29.8 Å². The number of nitrogens with one attached hydrogen (secondary N) is 2. The average Bonchev–Trinajstić information content (AvgIpc) is 3.25. The predicted octanol–water partition coefficient (Wildman–Crippen LogP) is 3.48. The molecule has 1 aliphatic carbocycles. The van der Waals surface area contributed by atoms with Crippen molar-refractivity contribution >= 4 is 0 Å². The Labute approximate surface area is 146 Å². The zero-order valence-corrected chi connectivity index (χ0v) is 14.1.